The van der Waals surface area contributed by atoms with Gasteiger partial charge in [0.2, 0.25) is 0 Å². The Hall–Kier alpha value is -2.40. The number of carbonyl (C=O) groups is 1. The number of phenols is 1. The fraction of sp³-hybridized carbons (Fsp3) is 0.0588. The van der Waals surface area contributed by atoms with Gasteiger partial charge in [-0.2, -0.15) is 10.1 Å². The van der Waals surface area contributed by atoms with Crippen molar-refractivity contribution >= 4 is 39.3 Å². The van der Waals surface area contributed by atoms with Crippen LogP contribution in [0.25, 0.3) is 6.08 Å². The average molecular weight is 357 g/mol. The Labute approximate surface area is 136 Å². The van der Waals surface area contributed by atoms with E-state index in [4.69, 9.17) is 0 Å². The summed E-state index contributed by atoms with van der Waals surface area (Å²) in [6.07, 6.45) is 1.74. The van der Waals surface area contributed by atoms with Gasteiger partial charge in [-0.3, -0.25) is 4.79 Å². The molecule has 1 aliphatic rings. The first-order valence-corrected chi connectivity index (χ1v) is 7.50. The molecule has 0 atom stereocenters. The molecule has 1 heterocycles. The molecule has 1 N–H and O–H groups in total. The van der Waals surface area contributed by atoms with Gasteiger partial charge in [0.1, 0.15) is 5.75 Å². The molecule has 0 aromatic heterocycles. The van der Waals surface area contributed by atoms with Gasteiger partial charge in [-0.15, -0.1) is 0 Å². The maximum atomic E-state index is 12.6. The van der Waals surface area contributed by atoms with Crippen LogP contribution in [0.15, 0.2) is 63.7 Å². The second-order valence-corrected chi connectivity index (χ2v) is 5.85. The first-order chi connectivity index (χ1) is 10.5. The monoisotopic (exact) mass is 356 g/mol. The van der Waals surface area contributed by atoms with Gasteiger partial charge < -0.3 is 5.11 Å². The van der Waals surface area contributed by atoms with E-state index >= 15 is 0 Å². The summed E-state index contributed by atoms with van der Waals surface area (Å²) < 4.78 is 0.944. The summed E-state index contributed by atoms with van der Waals surface area (Å²) in [5.74, 6) is -0.0117. The van der Waals surface area contributed by atoms with E-state index in [9.17, 15) is 9.90 Å². The molecule has 0 spiro atoms. The second-order valence-electron chi connectivity index (χ2n) is 4.93. The number of anilines is 1. The van der Waals surface area contributed by atoms with E-state index in [-0.39, 0.29) is 11.7 Å². The lowest BCUT2D eigenvalue weighted by molar-refractivity contribution is -0.114. The lowest BCUT2D eigenvalue weighted by Crippen LogP contribution is -2.21. The van der Waals surface area contributed by atoms with Gasteiger partial charge in [0.15, 0.2) is 0 Å². The molecule has 0 fully saturated rings. The molecule has 4 nitrogen and oxygen atoms in total. The van der Waals surface area contributed by atoms with E-state index in [2.05, 4.69) is 21.0 Å². The molecule has 0 unspecified atom stereocenters. The minimum absolute atomic E-state index is 0.166. The summed E-state index contributed by atoms with van der Waals surface area (Å²) >= 11 is 3.37. The number of hydrogen-bond acceptors (Lipinski definition) is 3. The number of nitrogens with zero attached hydrogens (tertiary/aromatic N) is 2. The fourth-order valence-electron chi connectivity index (χ4n) is 2.22. The number of halogens is 1. The zero-order valence-electron chi connectivity index (χ0n) is 11.8. The molecule has 0 radical (unpaired) electrons. The molecular formula is C17H13BrN2O2. The molecule has 1 aliphatic heterocycles. The molecule has 1 amide bonds. The third-order valence-electron chi connectivity index (χ3n) is 3.31. The second kappa shape index (κ2) is 5.77. The van der Waals surface area contributed by atoms with E-state index < -0.39 is 0 Å². The summed E-state index contributed by atoms with van der Waals surface area (Å²) in [6, 6.07) is 14.2. The van der Waals surface area contributed by atoms with E-state index in [1.165, 1.54) is 5.01 Å². The van der Waals surface area contributed by atoms with Gasteiger partial charge >= 0.3 is 0 Å². The Kier molecular flexibility index (Phi) is 3.81. The number of amides is 1. The maximum Gasteiger partial charge on any atom is 0.280 e. The van der Waals surface area contributed by atoms with Crippen molar-refractivity contribution in [1.29, 1.82) is 0 Å². The van der Waals surface area contributed by atoms with Crippen LogP contribution in [0.5, 0.6) is 5.75 Å². The number of phenolic OH excluding ortho intramolecular Hbond substituents is 1. The molecule has 0 aliphatic carbocycles. The molecular weight excluding hydrogens is 344 g/mol. The van der Waals surface area contributed by atoms with Gasteiger partial charge in [-0.25, -0.2) is 0 Å². The van der Waals surface area contributed by atoms with E-state index in [0.29, 0.717) is 17.0 Å². The first-order valence-electron chi connectivity index (χ1n) is 6.71. The topological polar surface area (TPSA) is 52.9 Å². The van der Waals surface area contributed by atoms with Crippen LogP contribution in [0.3, 0.4) is 0 Å². The van der Waals surface area contributed by atoms with Gasteiger partial charge in [0, 0.05) is 4.47 Å². The molecule has 5 heteroatoms. The fourth-order valence-corrected chi connectivity index (χ4v) is 2.49. The highest BCUT2D eigenvalue weighted by molar-refractivity contribution is 9.10. The smallest absolute Gasteiger partial charge is 0.280 e. The quantitative estimate of drug-likeness (QED) is 0.828. The van der Waals surface area contributed by atoms with Gasteiger partial charge in [-0.1, -0.05) is 28.1 Å². The SMILES string of the molecule is CC1=NN(c2ccc(Br)cc2)C(=O)C1=Cc1cccc(O)c1. The van der Waals surface area contributed by atoms with E-state index in [1.807, 2.05) is 30.3 Å². The summed E-state index contributed by atoms with van der Waals surface area (Å²) in [6.45, 7) is 1.80. The Balaban J connectivity index is 1.94. The number of hydrogen-bond donors (Lipinski definition) is 1. The Morgan fingerprint density at radius 2 is 1.91 bits per heavy atom. The molecule has 22 heavy (non-hydrogen) atoms. The summed E-state index contributed by atoms with van der Waals surface area (Å²) in [5.41, 5.74) is 2.65. The third-order valence-corrected chi connectivity index (χ3v) is 3.84. The predicted octanol–water partition coefficient (Wildman–Crippen LogP) is 3.96. The minimum atomic E-state index is -0.178. The summed E-state index contributed by atoms with van der Waals surface area (Å²) in [5, 5.41) is 15.2. The minimum Gasteiger partial charge on any atom is -0.508 e. The van der Waals surface area contributed by atoms with Crippen LogP contribution in [-0.4, -0.2) is 16.7 Å². The van der Waals surface area contributed by atoms with Crippen molar-refractivity contribution in [3.05, 3.63) is 64.1 Å². The van der Waals surface area contributed by atoms with Crippen molar-refractivity contribution in [3.63, 3.8) is 0 Å². The zero-order valence-corrected chi connectivity index (χ0v) is 13.4. The maximum absolute atomic E-state index is 12.6. The molecule has 0 saturated heterocycles. The largest absolute Gasteiger partial charge is 0.508 e. The standard InChI is InChI=1S/C17H13BrN2O2/c1-11-16(10-12-3-2-4-15(21)9-12)17(22)20(19-11)14-7-5-13(18)6-8-14/h2-10,21H,1H3. The summed E-state index contributed by atoms with van der Waals surface area (Å²) in [4.78, 5) is 12.6. The van der Waals surface area contributed by atoms with E-state index in [1.54, 1.807) is 31.2 Å². The van der Waals surface area contributed by atoms with Gasteiger partial charge in [0.25, 0.3) is 5.91 Å². The predicted molar refractivity (Wildman–Crippen MR) is 90.8 cm³/mol. The molecule has 0 bridgehead atoms. The molecule has 110 valence electrons. The third kappa shape index (κ3) is 2.80. The highest BCUT2D eigenvalue weighted by Gasteiger charge is 2.28. The van der Waals surface area contributed by atoms with Crippen LogP contribution in [0.2, 0.25) is 0 Å². The van der Waals surface area contributed by atoms with Crippen LogP contribution in [-0.2, 0) is 4.79 Å². The Morgan fingerprint density at radius 3 is 2.59 bits per heavy atom. The van der Waals surface area contributed by atoms with E-state index in [0.717, 1.165) is 10.0 Å². The molecule has 0 saturated carbocycles. The van der Waals surface area contributed by atoms with Crippen molar-refractivity contribution in [2.24, 2.45) is 5.10 Å². The molecule has 2 aromatic rings. The van der Waals surface area contributed by atoms with Crippen molar-refractivity contribution in [2.75, 3.05) is 5.01 Å². The number of aromatic hydroxyl groups is 1. The number of carbonyl (C=O) groups excluding carboxylic acids is 1. The van der Waals surface area contributed by atoms with Gasteiger partial charge in [0.05, 0.1) is 17.0 Å². The number of rotatable bonds is 2. The van der Waals surface area contributed by atoms with Crippen LogP contribution in [0.4, 0.5) is 5.69 Å². The van der Waals surface area contributed by atoms with Gasteiger partial charge in [-0.05, 0) is 55.0 Å². The van der Waals surface area contributed by atoms with Crippen molar-refractivity contribution in [1.82, 2.24) is 0 Å². The molecule has 3 rings (SSSR count). The van der Waals surface area contributed by atoms with Crippen LogP contribution < -0.4 is 5.01 Å². The van der Waals surface area contributed by atoms with Crippen LogP contribution in [0.1, 0.15) is 12.5 Å². The lowest BCUT2D eigenvalue weighted by Gasteiger charge is -2.11. The number of benzene rings is 2. The van der Waals surface area contributed by atoms with Crippen LogP contribution >= 0.6 is 15.9 Å². The van der Waals surface area contributed by atoms with Crippen molar-refractivity contribution < 1.29 is 9.90 Å². The summed E-state index contributed by atoms with van der Waals surface area (Å²) in [7, 11) is 0. The zero-order chi connectivity index (χ0) is 15.7. The lowest BCUT2D eigenvalue weighted by atomic mass is 10.1. The Bertz CT molecular complexity index is 795. The highest BCUT2D eigenvalue weighted by atomic mass is 79.9. The highest BCUT2D eigenvalue weighted by Crippen LogP contribution is 2.26. The normalized spacial score (nSPS) is 16.3. The molecule has 2 aromatic carbocycles. The number of hydrazone groups is 1. The van der Waals surface area contributed by atoms with Crippen LogP contribution in [0, 0.1) is 0 Å². The Morgan fingerprint density at radius 1 is 1.18 bits per heavy atom. The van der Waals surface area contributed by atoms with Crippen molar-refractivity contribution in [2.45, 2.75) is 6.92 Å². The first kappa shape index (κ1) is 14.5. The van der Waals surface area contributed by atoms with Crippen molar-refractivity contribution in [3.8, 4) is 5.75 Å². The average Bonchev–Trinajstić information content (AvgIpc) is 2.76.